The summed E-state index contributed by atoms with van der Waals surface area (Å²) in [4.78, 5) is 22.1. The Morgan fingerprint density at radius 1 is 1.00 bits per heavy atom. The van der Waals surface area contributed by atoms with Crippen molar-refractivity contribution >= 4 is 27.6 Å². The second kappa shape index (κ2) is 7.24. The predicted octanol–water partition coefficient (Wildman–Crippen LogP) is 0.415. The number of carboxylic acid groups (broad SMARTS) is 1. The first-order valence-corrected chi connectivity index (χ1v) is 8.44. The molecular weight excluding hydrogens is 332 g/mol. The molecule has 0 aliphatic heterocycles. The molecule has 7 nitrogen and oxygen atoms in total. The van der Waals surface area contributed by atoms with Crippen LogP contribution >= 0.6 is 0 Å². The maximum atomic E-state index is 12.4. The van der Waals surface area contributed by atoms with E-state index in [4.69, 9.17) is 0 Å². The average molecular weight is 347 g/mol. The quantitative estimate of drug-likeness (QED) is 0.785. The van der Waals surface area contributed by atoms with Crippen molar-refractivity contribution in [2.24, 2.45) is 0 Å². The first-order chi connectivity index (χ1) is 11.3. The van der Waals surface area contributed by atoms with Crippen LogP contribution in [0.15, 0.2) is 59.5 Å². The van der Waals surface area contributed by atoms with Gasteiger partial charge in [-0.2, -0.15) is 4.72 Å². The zero-order chi connectivity index (χ0) is 17.7. The van der Waals surface area contributed by atoms with E-state index in [1.807, 2.05) is 0 Å². The number of carbonyl (C=O) groups is 2. The summed E-state index contributed by atoms with van der Waals surface area (Å²) in [5.41, 5.74) is 0.692. The van der Waals surface area contributed by atoms with Crippen molar-refractivity contribution in [1.82, 2.24) is 4.72 Å². The molecule has 2 N–H and O–H groups in total. The number of carboxylic acids is 1. The van der Waals surface area contributed by atoms with Gasteiger partial charge >= 0.3 is 0 Å². The molecule has 2 rings (SSSR count). The number of amides is 1. The van der Waals surface area contributed by atoms with Crippen LogP contribution in [0, 0.1) is 0 Å². The van der Waals surface area contributed by atoms with Crippen molar-refractivity contribution in [3.63, 3.8) is 0 Å². The summed E-state index contributed by atoms with van der Waals surface area (Å²) in [6, 6.07) is 11.7. The van der Waals surface area contributed by atoms with E-state index in [-0.39, 0.29) is 16.4 Å². The summed E-state index contributed by atoms with van der Waals surface area (Å²) in [5.74, 6) is -1.84. The molecule has 0 heterocycles. The van der Waals surface area contributed by atoms with Gasteiger partial charge in [-0.15, -0.1) is 0 Å². The highest BCUT2D eigenvalue weighted by Crippen LogP contribution is 2.18. The highest BCUT2D eigenvalue weighted by Gasteiger charge is 2.22. The van der Waals surface area contributed by atoms with Crippen LogP contribution < -0.4 is 15.1 Å². The average Bonchev–Trinajstić information content (AvgIpc) is 2.53. The fourth-order valence-corrected chi connectivity index (χ4v) is 3.21. The third-order valence-corrected chi connectivity index (χ3v) is 4.57. The van der Waals surface area contributed by atoms with Crippen LogP contribution in [0.1, 0.15) is 18.5 Å². The van der Waals surface area contributed by atoms with Crippen LogP contribution in [0.3, 0.4) is 0 Å². The molecule has 8 heteroatoms. The maximum absolute atomic E-state index is 12.4. The number of hydrogen-bond donors (Lipinski definition) is 2. The van der Waals surface area contributed by atoms with E-state index < -0.39 is 22.0 Å². The molecule has 0 saturated heterocycles. The molecule has 2 aromatic carbocycles. The second-order valence-corrected chi connectivity index (χ2v) is 6.70. The number of nitrogens with one attached hydrogen (secondary N) is 2. The standard InChI is InChI=1S/C16H16N2O5S/c1-11(19)17-13-7-9-14(10-8-13)24(22,23)18-15(16(20)21)12-5-3-2-4-6-12/h2-10,15,18H,1H3,(H,17,19)(H,20,21)/p-1/t15-/m1/s1. The molecule has 2 aromatic rings. The van der Waals surface area contributed by atoms with E-state index in [1.165, 1.54) is 43.3 Å². The van der Waals surface area contributed by atoms with Gasteiger partial charge in [0.25, 0.3) is 0 Å². The molecule has 0 unspecified atom stereocenters. The molecule has 24 heavy (non-hydrogen) atoms. The summed E-state index contributed by atoms with van der Waals surface area (Å²) >= 11 is 0. The van der Waals surface area contributed by atoms with E-state index >= 15 is 0 Å². The topological polar surface area (TPSA) is 115 Å². The first kappa shape index (κ1) is 17.6. The lowest BCUT2D eigenvalue weighted by atomic mass is 10.1. The molecule has 0 aromatic heterocycles. The molecule has 0 aliphatic carbocycles. The molecule has 0 saturated carbocycles. The van der Waals surface area contributed by atoms with E-state index in [9.17, 15) is 23.1 Å². The number of hydrogen-bond acceptors (Lipinski definition) is 5. The molecule has 0 spiro atoms. The zero-order valence-electron chi connectivity index (χ0n) is 12.7. The predicted molar refractivity (Wildman–Crippen MR) is 85.3 cm³/mol. The van der Waals surface area contributed by atoms with Crippen molar-refractivity contribution in [1.29, 1.82) is 0 Å². The van der Waals surface area contributed by atoms with E-state index in [0.29, 0.717) is 5.69 Å². The third-order valence-electron chi connectivity index (χ3n) is 3.13. The van der Waals surface area contributed by atoms with Crippen molar-refractivity contribution in [3.8, 4) is 0 Å². The first-order valence-electron chi connectivity index (χ1n) is 6.95. The Labute approximate surface area is 139 Å². The van der Waals surface area contributed by atoms with Gasteiger partial charge in [-0.05, 0) is 29.8 Å². The smallest absolute Gasteiger partial charge is 0.241 e. The minimum Gasteiger partial charge on any atom is -0.548 e. The molecule has 1 atom stereocenters. The Hall–Kier alpha value is -2.71. The van der Waals surface area contributed by atoms with Crippen LogP contribution in [0.25, 0.3) is 0 Å². The molecule has 0 aliphatic rings. The van der Waals surface area contributed by atoms with Crippen molar-refractivity contribution in [2.75, 3.05) is 5.32 Å². The largest absolute Gasteiger partial charge is 0.548 e. The lowest BCUT2D eigenvalue weighted by Crippen LogP contribution is -2.41. The highest BCUT2D eigenvalue weighted by atomic mass is 32.2. The summed E-state index contributed by atoms with van der Waals surface area (Å²) < 4.78 is 26.8. The van der Waals surface area contributed by atoms with Gasteiger partial charge in [-0.1, -0.05) is 30.3 Å². The number of rotatable bonds is 6. The maximum Gasteiger partial charge on any atom is 0.241 e. The van der Waals surface area contributed by atoms with E-state index in [0.717, 1.165) is 0 Å². The Bertz CT molecular complexity index is 833. The second-order valence-electron chi connectivity index (χ2n) is 4.99. The Kier molecular flexibility index (Phi) is 5.32. The van der Waals surface area contributed by atoms with E-state index in [1.54, 1.807) is 18.2 Å². The fraction of sp³-hybridized carbons (Fsp3) is 0.125. The summed E-state index contributed by atoms with van der Waals surface area (Å²) in [6.07, 6.45) is 0. The monoisotopic (exact) mass is 347 g/mol. The van der Waals surface area contributed by atoms with Crippen molar-refractivity contribution in [2.45, 2.75) is 17.9 Å². The van der Waals surface area contributed by atoms with Gasteiger partial charge in [0.1, 0.15) is 0 Å². The van der Waals surface area contributed by atoms with Crippen LogP contribution in [0.4, 0.5) is 5.69 Å². The summed E-state index contributed by atoms with van der Waals surface area (Å²) in [6.45, 7) is 1.33. The Balaban J connectivity index is 2.26. The van der Waals surface area contributed by atoms with Crippen LogP contribution in [-0.2, 0) is 19.6 Å². The molecule has 0 radical (unpaired) electrons. The van der Waals surface area contributed by atoms with Crippen molar-refractivity contribution in [3.05, 3.63) is 60.2 Å². The fourth-order valence-electron chi connectivity index (χ4n) is 2.04. The SMILES string of the molecule is CC(=O)Nc1ccc(S(=O)(=O)N[C@@H](C(=O)[O-])c2ccccc2)cc1. The molecule has 1 amide bonds. The normalized spacial score (nSPS) is 12.4. The van der Waals surface area contributed by atoms with Crippen LogP contribution in [0.5, 0.6) is 0 Å². The van der Waals surface area contributed by atoms with Gasteiger partial charge in [-0.3, -0.25) is 4.79 Å². The third kappa shape index (κ3) is 4.40. The van der Waals surface area contributed by atoms with Gasteiger partial charge < -0.3 is 15.2 Å². The molecule has 0 bridgehead atoms. The lowest BCUT2D eigenvalue weighted by Gasteiger charge is -2.20. The van der Waals surface area contributed by atoms with E-state index in [2.05, 4.69) is 10.0 Å². The van der Waals surface area contributed by atoms with Crippen LogP contribution in [0.2, 0.25) is 0 Å². The number of anilines is 1. The Morgan fingerprint density at radius 3 is 2.08 bits per heavy atom. The number of carbonyl (C=O) groups excluding carboxylic acids is 2. The highest BCUT2D eigenvalue weighted by molar-refractivity contribution is 7.89. The minimum atomic E-state index is -4.08. The molecule has 0 fully saturated rings. The van der Waals surface area contributed by atoms with Gasteiger partial charge in [0, 0.05) is 12.6 Å². The van der Waals surface area contributed by atoms with Crippen molar-refractivity contribution < 1.29 is 23.1 Å². The van der Waals surface area contributed by atoms with Crippen LogP contribution in [-0.4, -0.2) is 20.3 Å². The lowest BCUT2D eigenvalue weighted by molar-refractivity contribution is -0.308. The zero-order valence-corrected chi connectivity index (χ0v) is 13.5. The summed E-state index contributed by atoms with van der Waals surface area (Å²) in [7, 11) is -4.08. The van der Waals surface area contributed by atoms with Gasteiger partial charge in [0.05, 0.1) is 16.9 Å². The van der Waals surface area contributed by atoms with Gasteiger partial charge in [0.2, 0.25) is 15.9 Å². The number of sulfonamides is 1. The minimum absolute atomic E-state index is 0.126. The molecular formula is C16H15N2O5S-. The Morgan fingerprint density at radius 2 is 1.58 bits per heavy atom. The number of benzene rings is 2. The summed E-state index contributed by atoms with van der Waals surface area (Å²) in [5, 5.41) is 13.8. The van der Waals surface area contributed by atoms with Gasteiger partial charge in [0.15, 0.2) is 0 Å². The molecule has 126 valence electrons. The number of aliphatic carboxylic acids is 1. The van der Waals surface area contributed by atoms with Gasteiger partial charge in [-0.25, -0.2) is 8.42 Å².